The number of anilines is 1. The van der Waals surface area contributed by atoms with Crippen molar-refractivity contribution in [3.63, 3.8) is 0 Å². The Morgan fingerprint density at radius 3 is 2.48 bits per heavy atom. The Kier molecular flexibility index (Phi) is 4.48. The molecule has 0 aliphatic carbocycles. The molecule has 1 atom stereocenters. The smallest absolute Gasteiger partial charge is 0.339 e. The minimum atomic E-state index is -1.14. The Hall–Kier alpha value is -2.83. The Labute approximate surface area is 146 Å². The summed E-state index contributed by atoms with van der Waals surface area (Å²) in [5.74, 6) is -1.46. The van der Waals surface area contributed by atoms with Gasteiger partial charge in [-0.1, -0.05) is 17.7 Å². The molecule has 1 aliphatic rings. The van der Waals surface area contributed by atoms with Crippen LogP contribution in [0.25, 0.3) is 0 Å². The summed E-state index contributed by atoms with van der Waals surface area (Å²) in [6.07, 6.45) is 1.36. The maximum atomic E-state index is 12.7. The highest BCUT2D eigenvalue weighted by atomic mass is 16.4. The summed E-state index contributed by atoms with van der Waals surface area (Å²) in [4.78, 5) is 28.0. The first kappa shape index (κ1) is 17.0. The van der Waals surface area contributed by atoms with Crippen molar-refractivity contribution in [3.8, 4) is 0 Å². The van der Waals surface area contributed by atoms with E-state index in [2.05, 4.69) is 48.1 Å². The van der Waals surface area contributed by atoms with Gasteiger partial charge in [0.05, 0.1) is 0 Å². The predicted octanol–water partition coefficient (Wildman–Crippen LogP) is 1.78. The summed E-state index contributed by atoms with van der Waals surface area (Å²) in [6.45, 7) is 5.88. The van der Waals surface area contributed by atoms with E-state index in [0.29, 0.717) is 19.6 Å². The van der Waals surface area contributed by atoms with Crippen molar-refractivity contribution >= 4 is 17.6 Å². The predicted molar refractivity (Wildman–Crippen MR) is 94.1 cm³/mol. The monoisotopic (exact) mass is 342 g/mol. The fraction of sp³-hybridized carbons (Fsp3) is 0.389. The van der Waals surface area contributed by atoms with Crippen LogP contribution < -0.4 is 4.90 Å². The molecule has 1 N–H and O–H groups in total. The third-order valence-electron chi connectivity index (χ3n) is 4.54. The van der Waals surface area contributed by atoms with Crippen LogP contribution in [-0.4, -0.2) is 57.3 Å². The molecule has 25 heavy (non-hydrogen) atoms. The third kappa shape index (κ3) is 3.35. The van der Waals surface area contributed by atoms with Crippen molar-refractivity contribution in [2.75, 3.05) is 24.5 Å². The first-order chi connectivity index (χ1) is 11.9. The minimum Gasteiger partial charge on any atom is -0.478 e. The average molecular weight is 342 g/mol. The highest BCUT2D eigenvalue weighted by Crippen LogP contribution is 2.22. The van der Waals surface area contributed by atoms with Crippen molar-refractivity contribution in [1.82, 2.24) is 14.7 Å². The molecule has 1 aromatic carbocycles. The maximum absolute atomic E-state index is 12.7. The van der Waals surface area contributed by atoms with Crippen LogP contribution in [0.4, 0.5) is 5.69 Å². The summed E-state index contributed by atoms with van der Waals surface area (Å²) >= 11 is 0. The number of amides is 1. The van der Waals surface area contributed by atoms with Crippen LogP contribution in [0.1, 0.15) is 33.3 Å². The van der Waals surface area contributed by atoms with E-state index in [1.54, 1.807) is 11.9 Å². The van der Waals surface area contributed by atoms with Crippen LogP contribution in [0.15, 0.2) is 30.5 Å². The zero-order valence-electron chi connectivity index (χ0n) is 14.6. The number of nitrogens with zero attached hydrogens (tertiary/aromatic N) is 4. The van der Waals surface area contributed by atoms with Gasteiger partial charge in [-0.25, -0.2) is 4.79 Å². The normalized spacial score (nSPS) is 17.6. The number of rotatable bonds is 3. The Balaban J connectivity index is 1.75. The largest absolute Gasteiger partial charge is 0.478 e. The van der Waals surface area contributed by atoms with Crippen LogP contribution >= 0.6 is 0 Å². The standard InChI is InChI=1S/C18H22N4O3/c1-12-4-6-14(7-5-12)22-9-8-21(10-13(22)2)17(23)16-15(18(24)25)11-20(3)19-16/h4-7,11,13H,8-10H2,1-3H3,(H,24,25)/t13-/m0/s1. The van der Waals surface area contributed by atoms with Gasteiger partial charge in [0.15, 0.2) is 5.69 Å². The van der Waals surface area contributed by atoms with Crippen LogP contribution in [0.2, 0.25) is 0 Å². The molecular formula is C18H22N4O3. The number of hydrogen-bond acceptors (Lipinski definition) is 4. The number of carbonyl (C=O) groups is 2. The van der Waals surface area contributed by atoms with E-state index in [1.807, 2.05) is 0 Å². The zero-order chi connectivity index (χ0) is 18.1. The minimum absolute atomic E-state index is 0.00554. The number of aryl methyl sites for hydroxylation is 2. The quantitative estimate of drug-likeness (QED) is 0.920. The zero-order valence-corrected chi connectivity index (χ0v) is 14.6. The highest BCUT2D eigenvalue weighted by Gasteiger charge is 2.31. The van der Waals surface area contributed by atoms with Crippen LogP contribution in [0, 0.1) is 6.92 Å². The summed E-state index contributed by atoms with van der Waals surface area (Å²) in [7, 11) is 1.61. The third-order valence-corrected chi connectivity index (χ3v) is 4.54. The summed E-state index contributed by atoms with van der Waals surface area (Å²) in [5.41, 5.74) is 2.29. The van der Waals surface area contributed by atoms with Crippen LogP contribution in [0.3, 0.4) is 0 Å². The van der Waals surface area contributed by atoms with Gasteiger partial charge < -0.3 is 14.9 Å². The van der Waals surface area contributed by atoms with Gasteiger partial charge in [0.25, 0.3) is 5.91 Å². The lowest BCUT2D eigenvalue weighted by molar-refractivity contribution is 0.0665. The fourth-order valence-electron chi connectivity index (χ4n) is 3.21. The van der Waals surface area contributed by atoms with E-state index < -0.39 is 5.97 Å². The number of carbonyl (C=O) groups excluding carboxylic acids is 1. The van der Waals surface area contributed by atoms with Crippen molar-refractivity contribution in [3.05, 3.63) is 47.3 Å². The Bertz CT molecular complexity index is 797. The number of aromatic carboxylic acids is 1. The van der Waals surface area contributed by atoms with Gasteiger partial charge in [-0.2, -0.15) is 5.10 Å². The number of carboxylic acid groups (broad SMARTS) is 1. The van der Waals surface area contributed by atoms with Gasteiger partial charge in [-0.05, 0) is 26.0 Å². The molecule has 132 valence electrons. The molecule has 0 saturated carbocycles. The van der Waals surface area contributed by atoms with E-state index in [9.17, 15) is 14.7 Å². The Morgan fingerprint density at radius 2 is 1.88 bits per heavy atom. The molecule has 1 saturated heterocycles. The first-order valence-electron chi connectivity index (χ1n) is 8.26. The van der Waals surface area contributed by atoms with Crippen molar-refractivity contribution in [2.45, 2.75) is 19.9 Å². The number of aromatic nitrogens is 2. The second-order valence-corrected chi connectivity index (χ2v) is 6.50. The topological polar surface area (TPSA) is 78.7 Å². The molecular weight excluding hydrogens is 320 g/mol. The van der Waals surface area contributed by atoms with Gasteiger partial charge in [-0.3, -0.25) is 9.48 Å². The lowest BCUT2D eigenvalue weighted by Gasteiger charge is -2.41. The van der Waals surface area contributed by atoms with E-state index in [4.69, 9.17) is 0 Å². The first-order valence-corrected chi connectivity index (χ1v) is 8.26. The summed E-state index contributed by atoms with van der Waals surface area (Å²) in [6, 6.07) is 8.46. The lowest BCUT2D eigenvalue weighted by Crippen LogP contribution is -2.54. The second kappa shape index (κ2) is 6.58. The molecule has 2 aromatic rings. The van der Waals surface area contributed by atoms with Gasteiger partial charge in [0.1, 0.15) is 5.56 Å². The van der Waals surface area contributed by atoms with Gasteiger partial charge in [0.2, 0.25) is 0 Å². The van der Waals surface area contributed by atoms with E-state index in [-0.39, 0.29) is 23.2 Å². The number of piperazine rings is 1. The van der Waals surface area contributed by atoms with Gasteiger partial charge >= 0.3 is 5.97 Å². The molecule has 0 spiro atoms. The molecule has 3 rings (SSSR count). The maximum Gasteiger partial charge on any atom is 0.339 e. The molecule has 1 fully saturated rings. The highest BCUT2D eigenvalue weighted by molar-refractivity contribution is 6.03. The molecule has 7 nitrogen and oxygen atoms in total. The molecule has 1 amide bonds. The van der Waals surface area contributed by atoms with E-state index >= 15 is 0 Å². The average Bonchev–Trinajstić information content (AvgIpc) is 2.97. The second-order valence-electron chi connectivity index (χ2n) is 6.50. The molecule has 0 unspecified atom stereocenters. The SMILES string of the molecule is Cc1ccc(N2CCN(C(=O)c3nn(C)cc3C(=O)O)C[C@@H]2C)cc1. The van der Waals surface area contributed by atoms with E-state index in [0.717, 1.165) is 5.69 Å². The van der Waals surface area contributed by atoms with Crippen LogP contribution in [0.5, 0.6) is 0 Å². The fourth-order valence-corrected chi connectivity index (χ4v) is 3.21. The molecule has 1 aliphatic heterocycles. The Morgan fingerprint density at radius 1 is 1.20 bits per heavy atom. The molecule has 0 radical (unpaired) electrons. The van der Waals surface area contributed by atoms with Crippen molar-refractivity contribution in [1.29, 1.82) is 0 Å². The van der Waals surface area contributed by atoms with E-state index in [1.165, 1.54) is 16.4 Å². The molecule has 7 heteroatoms. The molecule has 2 heterocycles. The number of carboxylic acids is 1. The van der Waals surface area contributed by atoms with Crippen LogP contribution in [-0.2, 0) is 7.05 Å². The number of benzene rings is 1. The van der Waals surface area contributed by atoms with Gasteiger partial charge in [0, 0.05) is 44.6 Å². The summed E-state index contributed by atoms with van der Waals surface area (Å²) < 4.78 is 1.36. The summed E-state index contributed by atoms with van der Waals surface area (Å²) in [5, 5.41) is 13.3. The molecule has 0 bridgehead atoms. The van der Waals surface area contributed by atoms with Crippen molar-refractivity contribution in [2.24, 2.45) is 7.05 Å². The van der Waals surface area contributed by atoms with Crippen molar-refractivity contribution < 1.29 is 14.7 Å². The molecule has 1 aromatic heterocycles. The lowest BCUT2D eigenvalue weighted by atomic mass is 10.1. The van der Waals surface area contributed by atoms with Gasteiger partial charge in [-0.15, -0.1) is 0 Å². The number of hydrogen-bond donors (Lipinski definition) is 1.